The minimum Gasteiger partial charge on any atom is -0.414 e. The summed E-state index contributed by atoms with van der Waals surface area (Å²) >= 11 is 0. The lowest BCUT2D eigenvalue weighted by atomic mass is 9.43. The van der Waals surface area contributed by atoms with Crippen molar-refractivity contribution in [1.82, 2.24) is 0 Å². The van der Waals surface area contributed by atoms with E-state index in [1.807, 2.05) is 0 Å². The maximum Gasteiger partial charge on any atom is 0.192 e. The van der Waals surface area contributed by atoms with Gasteiger partial charge in [-0.05, 0) is 122 Å². The van der Waals surface area contributed by atoms with Crippen LogP contribution in [0, 0.1) is 52.3 Å². The number of hydrogen-bond acceptors (Lipinski definition) is 2. The lowest BCUT2D eigenvalue weighted by molar-refractivity contribution is -0.175. The molecule has 2 nitrogen and oxygen atoms in total. The van der Waals surface area contributed by atoms with Gasteiger partial charge in [0.1, 0.15) is 0 Å². The Bertz CT molecular complexity index is 755. The molecule has 0 heterocycles. The molecule has 4 saturated carbocycles. The lowest BCUT2D eigenvalue weighted by Gasteiger charge is -2.64. The molecule has 0 spiro atoms. The number of rotatable bonds is 7. The Labute approximate surface area is 226 Å². The van der Waals surface area contributed by atoms with Crippen molar-refractivity contribution in [2.45, 2.75) is 156 Å². The van der Waals surface area contributed by atoms with Crippen molar-refractivity contribution >= 4 is 8.32 Å². The van der Waals surface area contributed by atoms with Crippen molar-refractivity contribution in [1.29, 1.82) is 0 Å². The van der Waals surface area contributed by atoms with Crippen molar-refractivity contribution in [2.24, 2.45) is 52.3 Å². The van der Waals surface area contributed by atoms with Crippen molar-refractivity contribution in [3.63, 3.8) is 0 Å². The first kappa shape index (κ1) is 29.1. The van der Waals surface area contributed by atoms with Crippen LogP contribution in [0.15, 0.2) is 0 Å². The van der Waals surface area contributed by atoms with Gasteiger partial charge in [-0.15, -0.1) is 0 Å². The molecule has 0 bridgehead atoms. The number of fused-ring (bicyclic) bond motifs is 5. The highest BCUT2D eigenvalue weighted by Gasteiger charge is 2.64. The van der Waals surface area contributed by atoms with E-state index >= 15 is 0 Å². The summed E-state index contributed by atoms with van der Waals surface area (Å²) in [5.74, 6) is 5.59. The highest BCUT2D eigenvalue weighted by Crippen LogP contribution is 2.69. The van der Waals surface area contributed by atoms with Crippen LogP contribution in [0.5, 0.6) is 0 Å². The van der Waals surface area contributed by atoms with E-state index < -0.39 is 8.32 Å². The van der Waals surface area contributed by atoms with Crippen molar-refractivity contribution in [3.8, 4) is 0 Å². The second-order valence-corrected chi connectivity index (χ2v) is 21.4. The predicted octanol–water partition coefficient (Wildman–Crippen LogP) is 9.47. The molecule has 4 fully saturated rings. The molecule has 4 rings (SSSR count). The zero-order chi connectivity index (χ0) is 26.7. The molecule has 0 saturated heterocycles. The van der Waals surface area contributed by atoms with Gasteiger partial charge in [0, 0.05) is 6.10 Å². The average molecular weight is 519 g/mol. The van der Waals surface area contributed by atoms with Crippen LogP contribution in [-0.4, -0.2) is 25.6 Å². The van der Waals surface area contributed by atoms with Crippen LogP contribution in [0.2, 0.25) is 18.1 Å². The summed E-state index contributed by atoms with van der Waals surface area (Å²) in [5, 5.41) is 10.8. The smallest absolute Gasteiger partial charge is 0.192 e. The summed E-state index contributed by atoms with van der Waals surface area (Å²) in [7, 11) is -1.88. The summed E-state index contributed by atoms with van der Waals surface area (Å²) in [6.07, 6.45) is 14.6. The quantitative estimate of drug-likeness (QED) is 0.340. The zero-order valence-electron chi connectivity index (χ0n) is 25.8. The number of aliphatic hydroxyl groups is 1. The molecule has 210 valence electrons. The monoisotopic (exact) mass is 518 g/mol. The third-order valence-corrected chi connectivity index (χ3v) is 17.5. The van der Waals surface area contributed by atoms with E-state index in [4.69, 9.17) is 4.43 Å². The summed E-state index contributed by atoms with van der Waals surface area (Å²) in [5.41, 5.74) is 0.778. The molecule has 4 aliphatic carbocycles. The standard InChI is InChI=1S/C33H62O2Si/c1-22(2)12-11-13-23(3)27-16-17-28-26-15-14-24-20-25(34)18-19-32(24,7)30(26)29(21-33(27,28)8)35-36(9,10)31(4,5)6/h22-30,34H,11-21H2,1-10H3/t23-,24+,25-,26+,27-,28+,29-,30-,32+,33-/m1/s1. The van der Waals surface area contributed by atoms with Gasteiger partial charge in [0.05, 0.1) is 6.10 Å². The fraction of sp³-hybridized carbons (Fsp3) is 1.00. The first-order valence-corrected chi connectivity index (χ1v) is 18.9. The molecule has 0 aliphatic heterocycles. The second kappa shape index (κ2) is 10.3. The van der Waals surface area contributed by atoms with Crippen molar-refractivity contribution in [2.75, 3.05) is 0 Å². The Morgan fingerprint density at radius 2 is 1.64 bits per heavy atom. The van der Waals surface area contributed by atoms with Gasteiger partial charge in [-0.25, -0.2) is 0 Å². The zero-order valence-corrected chi connectivity index (χ0v) is 26.8. The molecule has 36 heavy (non-hydrogen) atoms. The van der Waals surface area contributed by atoms with Gasteiger partial charge in [0.25, 0.3) is 0 Å². The minimum atomic E-state index is -1.88. The van der Waals surface area contributed by atoms with Gasteiger partial charge in [-0.1, -0.05) is 74.7 Å². The van der Waals surface area contributed by atoms with Crippen molar-refractivity contribution < 1.29 is 9.53 Å². The second-order valence-electron chi connectivity index (χ2n) is 16.6. The Balaban J connectivity index is 1.66. The van der Waals surface area contributed by atoms with Gasteiger partial charge < -0.3 is 9.53 Å². The summed E-state index contributed by atoms with van der Waals surface area (Å²) in [4.78, 5) is 0. The Kier molecular flexibility index (Phi) is 8.31. The fourth-order valence-electron chi connectivity index (χ4n) is 10.0. The molecule has 10 atom stereocenters. The maximum absolute atomic E-state index is 10.6. The molecule has 0 amide bonds. The van der Waals surface area contributed by atoms with E-state index in [2.05, 4.69) is 68.5 Å². The van der Waals surface area contributed by atoms with E-state index in [1.54, 1.807) is 0 Å². The Morgan fingerprint density at radius 3 is 2.28 bits per heavy atom. The normalized spacial score (nSPS) is 44.2. The third kappa shape index (κ3) is 5.17. The minimum absolute atomic E-state index is 0.0733. The van der Waals surface area contributed by atoms with Gasteiger partial charge in [0.2, 0.25) is 0 Å². The van der Waals surface area contributed by atoms with Crippen LogP contribution >= 0.6 is 0 Å². The summed E-state index contributed by atoms with van der Waals surface area (Å²) < 4.78 is 7.54. The molecule has 0 aromatic carbocycles. The Hall–Kier alpha value is 0.137. The van der Waals surface area contributed by atoms with E-state index in [1.165, 1.54) is 57.8 Å². The van der Waals surface area contributed by atoms with Crippen LogP contribution in [0.4, 0.5) is 0 Å². The van der Waals surface area contributed by atoms with E-state index in [0.717, 1.165) is 42.4 Å². The van der Waals surface area contributed by atoms with Crippen LogP contribution < -0.4 is 0 Å². The SMILES string of the molecule is CC(C)CCC[C@@H](C)[C@H]1CC[C@H]2[C@@H]3CC[C@H]4C[C@H](O)CC[C@]4(C)[C@H]3[C@H](O[Si](C)(C)C(C)(C)C)C[C@]12C. The molecule has 3 heteroatoms. The van der Waals surface area contributed by atoms with Gasteiger partial charge in [0.15, 0.2) is 8.32 Å². The third-order valence-electron chi connectivity index (χ3n) is 13.0. The van der Waals surface area contributed by atoms with Crippen LogP contribution in [0.25, 0.3) is 0 Å². The van der Waals surface area contributed by atoms with Crippen LogP contribution in [0.3, 0.4) is 0 Å². The number of hydrogen-bond donors (Lipinski definition) is 1. The van der Waals surface area contributed by atoms with E-state index in [0.29, 0.717) is 28.8 Å². The Morgan fingerprint density at radius 1 is 0.944 bits per heavy atom. The topological polar surface area (TPSA) is 29.5 Å². The molecule has 0 aromatic rings. The van der Waals surface area contributed by atoms with Gasteiger partial charge >= 0.3 is 0 Å². The van der Waals surface area contributed by atoms with E-state index in [-0.39, 0.29) is 11.1 Å². The summed E-state index contributed by atoms with van der Waals surface area (Å²) in [6.45, 7) is 24.9. The number of aliphatic hydroxyl groups excluding tert-OH is 1. The largest absolute Gasteiger partial charge is 0.414 e. The van der Waals surface area contributed by atoms with E-state index in [9.17, 15) is 5.11 Å². The molecular formula is C33H62O2Si. The summed E-state index contributed by atoms with van der Waals surface area (Å²) in [6, 6.07) is 0. The molecular weight excluding hydrogens is 456 g/mol. The predicted molar refractivity (Wildman–Crippen MR) is 157 cm³/mol. The van der Waals surface area contributed by atoms with Crippen molar-refractivity contribution in [3.05, 3.63) is 0 Å². The first-order valence-electron chi connectivity index (χ1n) is 16.0. The molecule has 0 aromatic heterocycles. The lowest BCUT2D eigenvalue weighted by Crippen LogP contribution is -2.62. The average Bonchev–Trinajstić information content (AvgIpc) is 3.09. The van der Waals surface area contributed by atoms with Gasteiger partial charge in [-0.3, -0.25) is 0 Å². The molecule has 0 unspecified atom stereocenters. The maximum atomic E-state index is 10.6. The van der Waals surface area contributed by atoms with Gasteiger partial charge in [-0.2, -0.15) is 0 Å². The van der Waals surface area contributed by atoms with Crippen LogP contribution in [-0.2, 0) is 4.43 Å². The van der Waals surface area contributed by atoms with Crippen LogP contribution in [0.1, 0.15) is 126 Å². The molecule has 0 radical (unpaired) electrons. The molecule has 4 aliphatic rings. The molecule has 1 N–H and O–H groups in total. The fourth-order valence-corrected chi connectivity index (χ4v) is 11.4. The highest BCUT2D eigenvalue weighted by molar-refractivity contribution is 6.74. The first-order chi connectivity index (χ1) is 16.6. The highest BCUT2D eigenvalue weighted by atomic mass is 28.4.